The average Bonchev–Trinajstić information content (AvgIpc) is 2.36. The van der Waals surface area contributed by atoms with E-state index in [1.165, 1.54) is 0 Å². The second-order valence-electron chi connectivity index (χ2n) is 5.35. The van der Waals surface area contributed by atoms with Crippen LogP contribution >= 0.6 is 12.2 Å². The quantitative estimate of drug-likeness (QED) is 0.556. The molecule has 1 unspecified atom stereocenters. The summed E-state index contributed by atoms with van der Waals surface area (Å²) in [7, 11) is 0. The Morgan fingerprint density at radius 2 is 2.32 bits per heavy atom. The number of hydrogen-bond acceptors (Lipinski definition) is 4. The number of aliphatic hydroxyl groups excluding tert-OH is 1. The van der Waals surface area contributed by atoms with Crippen molar-refractivity contribution in [1.29, 1.82) is 0 Å². The summed E-state index contributed by atoms with van der Waals surface area (Å²) >= 11 is 5.39. The normalized spacial score (nSPS) is 22.3. The smallest absolute Gasteiger partial charge is 0.169 e. The van der Waals surface area contributed by atoms with E-state index in [1.807, 2.05) is 20.8 Å². The zero-order valence-electron chi connectivity index (χ0n) is 12.1. The molecule has 0 aromatic heterocycles. The molecule has 1 heterocycles. The predicted octanol–water partition coefficient (Wildman–Crippen LogP) is 0.759. The van der Waals surface area contributed by atoms with Crippen molar-refractivity contribution in [3.05, 3.63) is 0 Å². The highest BCUT2D eigenvalue weighted by atomic mass is 32.1. The van der Waals surface area contributed by atoms with Gasteiger partial charge in [-0.2, -0.15) is 0 Å². The van der Waals surface area contributed by atoms with E-state index >= 15 is 0 Å². The first-order valence-electron chi connectivity index (χ1n) is 6.87. The van der Waals surface area contributed by atoms with Crippen molar-refractivity contribution in [3.63, 3.8) is 0 Å². The Hall–Kier alpha value is -0.430. The molecule has 1 atom stereocenters. The largest absolute Gasteiger partial charge is 0.394 e. The molecular formula is C13H26N2O3S. The minimum Gasteiger partial charge on any atom is -0.394 e. The Morgan fingerprint density at radius 1 is 1.58 bits per heavy atom. The number of nitrogens with one attached hydrogen (secondary N) is 1. The summed E-state index contributed by atoms with van der Waals surface area (Å²) in [4.78, 5) is 2.07. The van der Waals surface area contributed by atoms with E-state index < -0.39 is 0 Å². The number of morpholine rings is 1. The van der Waals surface area contributed by atoms with E-state index in [9.17, 15) is 5.11 Å². The van der Waals surface area contributed by atoms with Gasteiger partial charge in [0, 0.05) is 32.8 Å². The molecular weight excluding hydrogens is 264 g/mol. The molecule has 1 aliphatic heterocycles. The monoisotopic (exact) mass is 290 g/mol. The lowest BCUT2D eigenvalue weighted by atomic mass is 10.1. The molecule has 0 bridgehead atoms. The van der Waals surface area contributed by atoms with Gasteiger partial charge in [0.05, 0.1) is 18.3 Å². The maximum Gasteiger partial charge on any atom is 0.169 e. The summed E-state index contributed by atoms with van der Waals surface area (Å²) in [5.74, 6) is 0. The van der Waals surface area contributed by atoms with Gasteiger partial charge in [0.1, 0.15) is 0 Å². The Morgan fingerprint density at radius 3 is 2.95 bits per heavy atom. The van der Waals surface area contributed by atoms with Gasteiger partial charge in [0.2, 0.25) is 0 Å². The predicted molar refractivity (Wildman–Crippen MR) is 79.3 cm³/mol. The van der Waals surface area contributed by atoms with Gasteiger partial charge in [0.15, 0.2) is 5.11 Å². The van der Waals surface area contributed by atoms with E-state index in [4.69, 9.17) is 21.7 Å². The number of nitrogens with zero attached hydrogens (tertiary/aromatic N) is 1. The van der Waals surface area contributed by atoms with E-state index in [1.54, 1.807) is 0 Å². The summed E-state index contributed by atoms with van der Waals surface area (Å²) in [5.41, 5.74) is -0.289. The summed E-state index contributed by atoms with van der Waals surface area (Å²) < 4.78 is 11.0. The van der Waals surface area contributed by atoms with Crippen LogP contribution in [-0.2, 0) is 9.47 Å². The minimum absolute atomic E-state index is 0.0207. The van der Waals surface area contributed by atoms with E-state index in [-0.39, 0.29) is 18.3 Å². The number of aliphatic hydroxyl groups is 1. The molecule has 0 aliphatic carbocycles. The van der Waals surface area contributed by atoms with Gasteiger partial charge in [-0.25, -0.2) is 0 Å². The summed E-state index contributed by atoms with van der Waals surface area (Å²) in [6, 6.07) is 0. The van der Waals surface area contributed by atoms with Crippen molar-refractivity contribution in [2.45, 2.75) is 38.9 Å². The highest BCUT2D eigenvalue weighted by Crippen LogP contribution is 2.20. The van der Waals surface area contributed by atoms with Gasteiger partial charge >= 0.3 is 0 Å². The molecule has 2 N–H and O–H groups in total. The third-order valence-corrected chi connectivity index (χ3v) is 3.32. The molecule has 0 aromatic rings. The Kier molecular flexibility index (Phi) is 6.99. The van der Waals surface area contributed by atoms with E-state index in [0.29, 0.717) is 6.54 Å². The zero-order chi connectivity index (χ0) is 14.3. The Balaban J connectivity index is 2.34. The van der Waals surface area contributed by atoms with Crippen LogP contribution in [0.2, 0.25) is 0 Å². The van der Waals surface area contributed by atoms with Crippen LogP contribution in [0.5, 0.6) is 0 Å². The first-order chi connectivity index (χ1) is 8.98. The highest BCUT2D eigenvalue weighted by Gasteiger charge is 2.33. The fourth-order valence-electron chi connectivity index (χ4n) is 2.17. The standard InChI is InChI=1S/C13H26N2O3S/c1-4-17-7-5-6-14-12(19)15-8-11(9-16)18-13(2,3)10-15/h11,16H,4-10H2,1-3H3,(H,14,19). The molecule has 1 aliphatic rings. The number of hydrogen-bond donors (Lipinski definition) is 2. The van der Waals surface area contributed by atoms with E-state index in [0.717, 1.165) is 37.8 Å². The first kappa shape index (κ1) is 16.6. The maximum atomic E-state index is 9.26. The number of rotatable bonds is 6. The van der Waals surface area contributed by atoms with Crippen LogP contribution in [0, 0.1) is 0 Å². The highest BCUT2D eigenvalue weighted by molar-refractivity contribution is 7.80. The molecule has 0 amide bonds. The SMILES string of the molecule is CCOCCCNC(=S)N1CC(CO)OC(C)(C)C1. The molecule has 0 saturated carbocycles. The molecule has 1 saturated heterocycles. The van der Waals surface area contributed by atoms with Gasteiger partial charge < -0.3 is 24.8 Å². The van der Waals surface area contributed by atoms with Crippen LogP contribution in [0.15, 0.2) is 0 Å². The van der Waals surface area contributed by atoms with Crippen LogP contribution in [0.1, 0.15) is 27.2 Å². The molecule has 5 nitrogen and oxygen atoms in total. The molecule has 0 radical (unpaired) electrons. The topological polar surface area (TPSA) is 54.0 Å². The molecule has 6 heteroatoms. The minimum atomic E-state index is -0.289. The van der Waals surface area contributed by atoms with Gasteiger partial charge in [0.25, 0.3) is 0 Å². The van der Waals surface area contributed by atoms with Gasteiger partial charge in [-0.3, -0.25) is 0 Å². The maximum absolute atomic E-state index is 9.26. The molecule has 1 fully saturated rings. The lowest BCUT2D eigenvalue weighted by Crippen LogP contribution is -2.57. The first-order valence-corrected chi connectivity index (χ1v) is 7.28. The van der Waals surface area contributed by atoms with E-state index in [2.05, 4.69) is 10.2 Å². The number of ether oxygens (including phenoxy) is 2. The second kappa shape index (κ2) is 7.99. The summed E-state index contributed by atoms with van der Waals surface area (Å²) in [6.07, 6.45) is 0.762. The molecule has 0 aromatic carbocycles. The van der Waals surface area contributed by atoms with Crippen LogP contribution in [-0.4, -0.2) is 66.3 Å². The third kappa shape index (κ3) is 6.03. The van der Waals surface area contributed by atoms with Crippen molar-refractivity contribution in [1.82, 2.24) is 10.2 Å². The molecule has 19 heavy (non-hydrogen) atoms. The van der Waals surface area contributed by atoms with Crippen molar-refractivity contribution >= 4 is 17.3 Å². The van der Waals surface area contributed by atoms with Gasteiger partial charge in [-0.15, -0.1) is 0 Å². The fraction of sp³-hybridized carbons (Fsp3) is 0.923. The van der Waals surface area contributed by atoms with Crippen LogP contribution in [0.25, 0.3) is 0 Å². The van der Waals surface area contributed by atoms with Crippen molar-refractivity contribution < 1.29 is 14.6 Å². The van der Waals surface area contributed by atoms with Crippen molar-refractivity contribution in [3.8, 4) is 0 Å². The van der Waals surface area contributed by atoms with Crippen LogP contribution < -0.4 is 5.32 Å². The van der Waals surface area contributed by atoms with Crippen molar-refractivity contribution in [2.75, 3.05) is 39.5 Å². The van der Waals surface area contributed by atoms with Gasteiger partial charge in [-0.1, -0.05) is 0 Å². The second-order valence-corrected chi connectivity index (χ2v) is 5.73. The van der Waals surface area contributed by atoms with Crippen LogP contribution in [0.4, 0.5) is 0 Å². The molecule has 0 spiro atoms. The van der Waals surface area contributed by atoms with Crippen LogP contribution in [0.3, 0.4) is 0 Å². The summed E-state index contributed by atoms with van der Waals surface area (Å²) in [5, 5.41) is 13.2. The zero-order valence-corrected chi connectivity index (χ0v) is 13.0. The lowest BCUT2D eigenvalue weighted by Gasteiger charge is -2.43. The Bertz CT molecular complexity index is 287. The van der Waals surface area contributed by atoms with Gasteiger partial charge in [-0.05, 0) is 39.4 Å². The average molecular weight is 290 g/mol. The third-order valence-electron chi connectivity index (χ3n) is 2.92. The molecule has 1 rings (SSSR count). The summed E-state index contributed by atoms with van der Waals surface area (Å²) in [6.45, 7) is 9.72. The fourth-order valence-corrected chi connectivity index (χ4v) is 2.41. The molecule has 112 valence electrons. The number of thiocarbonyl (C=S) groups is 1. The van der Waals surface area contributed by atoms with Crippen molar-refractivity contribution in [2.24, 2.45) is 0 Å². The lowest BCUT2D eigenvalue weighted by molar-refractivity contribution is -0.134. The Labute approximate surface area is 121 Å².